The van der Waals surface area contributed by atoms with Crippen molar-refractivity contribution in [1.82, 2.24) is 35.1 Å². The molecule has 0 atom stereocenters. The molecule has 10 nitrogen and oxygen atoms in total. The Labute approximate surface area is 207 Å². The minimum atomic E-state index is -0.116. The number of carbonyl (C=O) groups is 1. The summed E-state index contributed by atoms with van der Waals surface area (Å²) in [5, 5.41) is 11.2. The number of fused-ring (bicyclic) bond motifs is 2. The van der Waals surface area contributed by atoms with Crippen LogP contribution in [0, 0.1) is 5.92 Å². The quantitative estimate of drug-likeness (QED) is 0.336. The van der Waals surface area contributed by atoms with Gasteiger partial charge in [-0.1, -0.05) is 13.8 Å². The van der Waals surface area contributed by atoms with E-state index in [1.54, 1.807) is 18.6 Å². The Bertz CT molecular complexity index is 1560. The fourth-order valence-electron chi connectivity index (χ4n) is 4.59. The summed E-state index contributed by atoms with van der Waals surface area (Å²) in [7, 11) is 0. The largest absolute Gasteiger partial charge is 0.368 e. The Morgan fingerprint density at radius 3 is 2.64 bits per heavy atom. The number of H-pyrrole nitrogens is 2. The van der Waals surface area contributed by atoms with E-state index in [1.165, 1.54) is 19.3 Å². The molecule has 0 radical (unpaired) electrons. The molecular weight excluding hydrogens is 454 g/mol. The van der Waals surface area contributed by atoms with Crippen LogP contribution in [0.15, 0.2) is 43.1 Å². The number of rotatable bonds is 5. The zero-order chi connectivity index (χ0) is 24.6. The van der Waals surface area contributed by atoms with Crippen molar-refractivity contribution in [1.29, 1.82) is 0 Å². The first kappa shape index (κ1) is 22.1. The summed E-state index contributed by atoms with van der Waals surface area (Å²) in [5.41, 5.74) is 6.57. The Morgan fingerprint density at radius 1 is 1.00 bits per heavy atom. The van der Waals surface area contributed by atoms with Crippen LogP contribution in [0.1, 0.15) is 33.1 Å². The lowest BCUT2D eigenvalue weighted by molar-refractivity contribution is -0.118. The van der Waals surface area contributed by atoms with E-state index in [0.717, 1.165) is 52.0 Å². The lowest BCUT2D eigenvalue weighted by Gasteiger charge is -2.28. The van der Waals surface area contributed by atoms with Crippen LogP contribution in [0.5, 0.6) is 0 Å². The number of hydrogen-bond donors (Lipinski definition) is 3. The summed E-state index contributed by atoms with van der Waals surface area (Å²) in [6.45, 7) is 5.75. The van der Waals surface area contributed by atoms with Gasteiger partial charge < -0.3 is 15.2 Å². The van der Waals surface area contributed by atoms with Crippen LogP contribution in [-0.4, -0.2) is 54.1 Å². The van der Waals surface area contributed by atoms with E-state index in [9.17, 15) is 4.79 Å². The van der Waals surface area contributed by atoms with Crippen LogP contribution in [-0.2, 0) is 4.79 Å². The summed E-state index contributed by atoms with van der Waals surface area (Å²) >= 11 is 0. The highest BCUT2D eigenvalue weighted by Crippen LogP contribution is 2.32. The molecule has 10 heteroatoms. The lowest BCUT2D eigenvalue weighted by atomic mass is 10.1. The Morgan fingerprint density at radius 2 is 1.81 bits per heavy atom. The van der Waals surface area contributed by atoms with Crippen molar-refractivity contribution in [3.8, 4) is 22.6 Å². The van der Waals surface area contributed by atoms with E-state index in [4.69, 9.17) is 4.98 Å². The molecule has 5 aromatic rings. The highest BCUT2D eigenvalue weighted by Gasteiger charge is 2.19. The number of aromatic nitrogens is 7. The van der Waals surface area contributed by atoms with Crippen LogP contribution in [0.25, 0.3) is 44.7 Å². The highest BCUT2D eigenvalue weighted by atomic mass is 16.1. The molecule has 3 N–H and O–H groups in total. The Hall–Kier alpha value is -4.34. The van der Waals surface area contributed by atoms with Gasteiger partial charge in [-0.2, -0.15) is 5.10 Å². The fourth-order valence-corrected chi connectivity index (χ4v) is 4.59. The van der Waals surface area contributed by atoms with Gasteiger partial charge in [0, 0.05) is 42.5 Å². The predicted molar refractivity (Wildman–Crippen MR) is 140 cm³/mol. The van der Waals surface area contributed by atoms with Crippen LogP contribution in [0.4, 0.5) is 11.4 Å². The number of pyridine rings is 3. The molecular formula is C26H27N9O. The van der Waals surface area contributed by atoms with Crippen LogP contribution in [0.3, 0.4) is 0 Å². The zero-order valence-electron chi connectivity index (χ0n) is 20.2. The maximum absolute atomic E-state index is 12.1. The van der Waals surface area contributed by atoms with Crippen molar-refractivity contribution in [2.24, 2.45) is 5.92 Å². The number of nitrogens with zero attached hydrogens (tertiary/aromatic N) is 6. The van der Waals surface area contributed by atoms with Gasteiger partial charge in [-0.05, 0) is 31.4 Å². The number of aromatic amines is 2. The van der Waals surface area contributed by atoms with Crippen LogP contribution >= 0.6 is 0 Å². The second kappa shape index (κ2) is 9.03. The molecule has 0 saturated carbocycles. The molecule has 1 amide bonds. The number of piperidine rings is 1. The first-order valence-electron chi connectivity index (χ1n) is 12.3. The molecule has 6 rings (SSSR count). The number of hydrogen-bond acceptors (Lipinski definition) is 7. The number of amides is 1. The second-order valence-electron chi connectivity index (χ2n) is 9.49. The molecule has 5 aromatic heterocycles. The fraction of sp³-hybridized carbons (Fsp3) is 0.308. The van der Waals surface area contributed by atoms with Gasteiger partial charge in [0.25, 0.3) is 0 Å². The minimum Gasteiger partial charge on any atom is -0.368 e. The van der Waals surface area contributed by atoms with E-state index >= 15 is 0 Å². The van der Waals surface area contributed by atoms with Gasteiger partial charge in [0.2, 0.25) is 5.91 Å². The summed E-state index contributed by atoms with van der Waals surface area (Å²) in [6.07, 6.45) is 12.5. The van der Waals surface area contributed by atoms with E-state index in [0.29, 0.717) is 17.2 Å². The van der Waals surface area contributed by atoms with Crippen molar-refractivity contribution in [3.05, 3.63) is 43.1 Å². The first-order valence-corrected chi connectivity index (χ1v) is 12.3. The van der Waals surface area contributed by atoms with Gasteiger partial charge in [0.05, 0.1) is 40.9 Å². The Balaban J connectivity index is 1.38. The number of imidazole rings is 1. The number of nitrogens with one attached hydrogen (secondary N) is 3. The smallest absolute Gasteiger partial charge is 0.226 e. The Kier molecular flexibility index (Phi) is 5.55. The SMILES string of the molecule is CC(C)C(=O)Nc1cncc(-c2cnc3n[nH]c(-c4nc5c(N6CCCCC6)cncc5[nH]4)c3c2)c1. The average Bonchev–Trinajstić information content (AvgIpc) is 3.53. The summed E-state index contributed by atoms with van der Waals surface area (Å²) in [4.78, 5) is 36.2. The van der Waals surface area contributed by atoms with Gasteiger partial charge in [-0.25, -0.2) is 9.97 Å². The molecule has 36 heavy (non-hydrogen) atoms. The standard InChI is InChI=1S/C26H27N9O/c1-15(2)26(36)30-18-8-16(10-27-12-18)17-9-19-22(33-34-24(19)29-11-17)25-31-20-13-28-14-21(23(20)32-25)35-6-4-3-5-7-35/h8-15H,3-7H2,1-2H3,(H,30,36)(H,31,32)(H,29,33,34). The predicted octanol–water partition coefficient (Wildman–Crippen LogP) is 4.54. The minimum absolute atomic E-state index is 0.0528. The topological polar surface area (TPSA) is 128 Å². The van der Waals surface area contributed by atoms with Crippen molar-refractivity contribution >= 4 is 39.3 Å². The molecule has 0 aromatic carbocycles. The van der Waals surface area contributed by atoms with Gasteiger partial charge in [-0.15, -0.1) is 0 Å². The van der Waals surface area contributed by atoms with Crippen LogP contribution < -0.4 is 10.2 Å². The molecule has 1 saturated heterocycles. The molecule has 182 valence electrons. The second-order valence-corrected chi connectivity index (χ2v) is 9.49. The number of carbonyl (C=O) groups excluding carboxylic acids is 1. The molecule has 0 bridgehead atoms. The van der Waals surface area contributed by atoms with Gasteiger partial charge in [-0.3, -0.25) is 19.9 Å². The normalized spacial score (nSPS) is 14.1. The number of anilines is 2. The van der Waals surface area contributed by atoms with Crippen molar-refractivity contribution in [3.63, 3.8) is 0 Å². The third-order valence-corrected chi connectivity index (χ3v) is 6.58. The summed E-state index contributed by atoms with van der Waals surface area (Å²) in [6, 6.07) is 3.91. The van der Waals surface area contributed by atoms with Crippen molar-refractivity contribution in [2.75, 3.05) is 23.3 Å². The average molecular weight is 482 g/mol. The van der Waals surface area contributed by atoms with E-state index in [-0.39, 0.29) is 11.8 Å². The summed E-state index contributed by atoms with van der Waals surface area (Å²) in [5.74, 6) is 0.520. The van der Waals surface area contributed by atoms with Crippen molar-refractivity contribution < 1.29 is 4.79 Å². The molecule has 1 aliphatic rings. The lowest BCUT2D eigenvalue weighted by Crippen LogP contribution is -2.29. The van der Waals surface area contributed by atoms with E-state index in [1.807, 2.05) is 38.4 Å². The summed E-state index contributed by atoms with van der Waals surface area (Å²) < 4.78 is 0. The van der Waals surface area contributed by atoms with Crippen LogP contribution in [0.2, 0.25) is 0 Å². The maximum atomic E-state index is 12.1. The molecule has 6 heterocycles. The van der Waals surface area contributed by atoms with E-state index in [2.05, 4.69) is 40.3 Å². The zero-order valence-corrected chi connectivity index (χ0v) is 20.2. The highest BCUT2D eigenvalue weighted by molar-refractivity contribution is 5.96. The third-order valence-electron chi connectivity index (χ3n) is 6.58. The molecule has 0 aliphatic carbocycles. The molecule has 1 fully saturated rings. The molecule has 1 aliphatic heterocycles. The first-order chi connectivity index (χ1) is 17.6. The maximum Gasteiger partial charge on any atom is 0.226 e. The van der Waals surface area contributed by atoms with Gasteiger partial charge >= 0.3 is 0 Å². The van der Waals surface area contributed by atoms with Crippen molar-refractivity contribution in [2.45, 2.75) is 33.1 Å². The molecule has 0 unspecified atom stereocenters. The third kappa shape index (κ3) is 4.04. The van der Waals surface area contributed by atoms with E-state index < -0.39 is 0 Å². The van der Waals surface area contributed by atoms with Gasteiger partial charge in [0.1, 0.15) is 11.2 Å². The van der Waals surface area contributed by atoms with Gasteiger partial charge in [0.15, 0.2) is 11.5 Å². The molecule has 0 spiro atoms. The monoisotopic (exact) mass is 481 g/mol.